The fourth-order valence-electron chi connectivity index (χ4n) is 3.15. The average Bonchev–Trinajstić information content (AvgIpc) is 3.20. The van der Waals surface area contributed by atoms with Crippen LogP contribution in [0.4, 0.5) is 0 Å². The number of likely N-dealkylation sites (tertiary alicyclic amines) is 1. The summed E-state index contributed by atoms with van der Waals surface area (Å²) < 4.78 is 10.9. The van der Waals surface area contributed by atoms with Gasteiger partial charge in [-0.3, -0.25) is 4.79 Å². The number of carbonyl (C=O) groups is 1. The Morgan fingerprint density at radius 1 is 1.57 bits per heavy atom. The SMILES string of the molecule is Cc1oc(-c2ccco2)nc1CC(=O)N1CCCC1CC(C)O. The Morgan fingerprint density at radius 3 is 3.09 bits per heavy atom. The Kier molecular flexibility index (Phi) is 4.52. The molecule has 0 spiro atoms. The molecule has 2 aromatic rings. The van der Waals surface area contributed by atoms with Crippen LogP contribution in [0.5, 0.6) is 0 Å². The van der Waals surface area contributed by atoms with E-state index in [2.05, 4.69) is 4.98 Å². The number of hydrogen-bond donors (Lipinski definition) is 1. The summed E-state index contributed by atoms with van der Waals surface area (Å²) in [4.78, 5) is 18.9. The van der Waals surface area contributed by atoms with E-state index in [4.69, 9.17) is 8.83 Å². The van der Waals surface area contributed by atoms with E-state index in [0.29, 0.717) is 29.5 Å². The second-order valence-corrected chi connectivity index (χ2v) is 6.14. The summed E-state index contributed by atoms with van der Waals surface area (Å²) in [6.07, 6.45) is 3.94. The fourth-order valence-corrected chi connectivity index (χ4v) is 3.15. The second-order valence-electron chi connectivity index (χ2n) is 6.14. The first kappa shape index (κ1) is 15.8. The molecule has 6 heteroatoms. The average molecular weight is 318 g/mol. The van der Waals surface area contributed by atoms with Crippen molar-refractivity contribution in [2.45, 2.75) is 51.7 Å². The topological polar surface area (TPSA) is 79.7 Å². The van der Waals surface area contributed by atoms with E-state index in [1.807, 2.05) is 4.90 Å². The molecule has 1 N–H and O–H groups in total. The predicted molar refractivity (Wildman–Crippen MR) is 83.7 cm³/mol. The number of oxazole rings is 1. The lowest BCUT2D eigenvalue weighted by Crippen LogP contribution is -2.38. The molecular formula is C17H22N2O4. The third kappa shape index (κ3) is 3.47. The standard InChI is InChI=1S/C17H22N2O4/c1-11(20)9-13-5-3-7-19(13)16(21)10-14-12(2)23-17(18-14)15-6-4-8-22-15/h4,6,8,11,13,20H,3,5,7,9-10H2,1-2H3. The molecule has 2 unspecified atom stereocenters. The van der Waals surface area contributed by atoms with Gasteiger partial charge in [-0.25, -0.2) is 4.98 Å². The molecule has 1 aliphatic heterocycles. The predicted octanol–water partition coefficient (Wildman–Crippen LogP) is 2.55. The van der Waals surface area contributed by atoms with Gasteiger partial charge in [-0.2, -0.15) is 0 Å². The van der Waals surface area contributed by atoms with Crippen LogP contribution < -0.4 is 0 Å². The Labute approximate surface area is 135 Å². The van der Waals surface area contributed by atoms with Gasteiger partial charge in [0.1, 0.15) is 5.76 Å². The molecule has 3 heterocycles. The lowest BCUT2D eigenvalue weighted by molar-refractivity contribution is -0.131. The summed E-state index contributed by atoms with van der Waals surface area (Å²) in [5, 5.41) is 9.58. The maximum atomic E-state index is 12.6. The van der Waals surface area contributed by atoms with Gasteiger partial charge >= 0.3 is 0 Å². The fraction of sp³-hybridized carbons (Fsp3) is 0.529. The van der Waals surface area contributed by atoms with Gasteiger partial charge in [0.15, 0.2) is 5.76 Å². The Balaban J connectivity index is 1.70. The van der Waals surface area contributed by atoms with Gasteiger partial charge in [0, 0.05) is 12.6 Å². The maximum Gasteiger partial charge on any atom is 0.263 e. The summed E-state index contributed by atoms with van der Waals surface area (Å²) >= 11 is 0. The van der Waals surface area contributed by atoms with E-state index in [1.54, 1.807) is 32.2 Å². The summed E-state index contributed by atoms with van der Waals surface area (Å²) in [6, 6.07) is 3.67. The van der Waals surface area contributed by atoms with Crippen LogP contribution in [0.15, 0.2) is 27.2 Å². The molecule has 1 saturated heterocycles. The van der Waals surface area contributed by atoms with Crippen LogP contribution in [0.2, 0.25) is 0 Å². The molecule has 3 rings (SSSR count). The highest BCUT2D eigenvalue weighted by Crippen LogP contribution is 2.25. The maximum absolute atomic E-state index is 12.6. The zero-order valence-electron chi connectivity index (χ0n) is 13.5. The van der Waals surface area contributed by atoms with Gasteiger partial charge in [-0.1, -0.05) is 0 Å². The number of amides is 1. The van der Waals surface area contributed by atoms with E-state index in [1.165, 1.54) is 0 Å². The molecular weight excluding hydrogens is 296 g/mol. The van der Waals surface area contributed by atoms with Crippen LogP contribution in [0, 0.1) is 6.92 Å². The molecule has 1 amide bonds. The van der Waals surface area contributed by atoms with Crippen LogP contribution in [0.1, 0.15) is 37.6 Å². The van der Waals surface area contributed by atoms with Gasteiger partial charge in [0.2, 0.25) is 5.91 Å². The van der Waals surface area contributed by atoms with Crippen molar-refractivity contribution in [3.63, 3.8) is 0 Å². The normalized spacial score (nSPS) is 19.3. The first-order valence-corrected chi connectivity index (χ1v) is 8.02. The first-order valence-electron chi connectivity index (χ1n) is 8.02. The number of aliphatic hydroxyl groups is 1. The van der Waals surface area contributed by atoms with Crippen molar-refractivity contribution in [3.05, 3.63) is 29.9 Å². The molecule has 0 saturated carbocycles. The number of aryl methyl sites for hydroxylation is 1. The van der Waals surface area contributed by atoms with Crippen molar-refractivity contribution in [1.82, 2.24) is 9.88 Å². The monoisotopic (exact) mass is 318 g/mol. The van der Waals surface area contributed by atoms with Crippen LogP contribution in [0.3, 0.4) is 0 Å². The quantitative estimate of drug-likeness (QED) is 0.916. The molecule has 0 aliphatic carbocycles. The van der Waals surface area contributed by atoms with Gasteiger partial charge in [0.05, 0.1) is 24.5 Å². The molecule has 0 bridgehead atoms. The van der Waals surface area contributed by atoms with Gasteiger partial charge < -0.3 is 18.8 Å². The van der Waals surface area contributed by atoms with Crippen molar-refractivity contribution in [3.8, 4) is 11.7 Å². The number of nitrogens with zero attached hydrogens (tertiary/aromatic N) is 2. The Morgan fingerprint density at radius 2 is 2.39 bits per heavy atom. The summed E-state index contributed by atoms with van der Waals surface area (Å²) in [6.45, 7) is 4.32. The highest BCUT2D eigenvalue weighted by Gasteiger charge is 2.30. The van der Waals surface area contributed by atoms with E-state index < -0.39 is 6.10 Å². The molecule has 6 nitrogen and oxygen atoms in total. The molecule has 1 aliphatic rings. The van der Waals surface area contributed by atoms with Crippen molar-refractivity contribution in [1.29, 1.82) is 0 Å². The van der Waals surface area contributed by atoms with Crippen LogP contribution in [-0.2, 0) is 11.2 Å². The van der Waals surface area contributed by atoms with E-state index in [9.17, 15) is 9.90 Å². The van der Waals surface area contributed by atoms with E-state index in [0.717, 1.165) is 19.4 Å². The van der Waals surface area contributed by atoms with Gasteiger partial charge in [0.25, 0.3) is 5.89 Å². The smallest absolute Gasteiger partial charge is 0.263 e. The van der Waals surface area contributed by atoms with E-state index in [-0.39, 0.29) is 18.4 Å². The van der Waals surface area contributed by atoms with Crippen molar-refractivity contribution in [2.24, 2.45) is 0 Å². The Hall–Kier alpha value is -2.08. The molecule has 1 fully saturated rings. The molecule has 0 radical (unpaired) electrons. The molecule has 2 atom stereocenters. The lowest BCUT2D eigenvalue weighted by Gasteiger charge is -2.25. The minimum Gasteiger partial charge on any atom is -0.459 e. The number of furan rings is 1. The molecule has 0 aromatic carbocycles. The highest BCUT2D eigenvalue weighted by atomic mass is 16.4. The summed E-state index contributed by atoms with van der Waals surface area (Å²) in [5.74, 6) is 1.63. The van der Waals surface area contributed by atoms with Gasteiger partial charge in [-0.15, -0.1) is 0 Å². The van der Waals surface area contributed by atoms with Crippen molar-refractivity contribution in [2.75, 3.05) is 6.54 Å². The third-order valence-electron chi connectivity index (χ3n) is 4.25. The van der Waals surface area contributed by atoms with Gasteiger partial charge in [-0.05, 0) is 45.2 Å². The minimum atomic E-state index is -0.396. The summed E-state index contributed by atoms with van der Waals surface area (Å²) in [7, 11) is 0. The minimum absolute atomic E-state index is 0.0375. The molecule has 124 valence electrons. The second kappa shape index (κ2) is 6.58. The number of hydrogen-bond acceptors (Lipinski definition) is 5. The first-order chi connectivity index (χ1) is 11.0. The largest absolute Gasteiger partial charge is 0.459 e. The highest BCUT2D eigenvalue weighted by molar-refractivity contribution is 5.79. The van der Waals surface area contributed by atoms with Crippen molar-refractivity contribution >= 4 is 5.91 Å². The summed E-state index contributed by atoms with van der Waals surface area (Å²) in [5.41, 5.74) is 0.643. The van der Waals surface area contributed by atoms with Crippen LogP contribution >= 0.6 is 0 Å². The van der Waals surface area contributed by atoms with Crippen LogP contribution in [-0.4, -0.2) is 39.6 Å². The third-order valence-corrected chi connectivity index (χ3v) is 4.25. The Bertz CT molecular complexity index is 660. The zero-order valence-corrected chi connectivity index (χ0v) is 13.5. The van der Waals surface area contributed by atoms with E-state index >= 15 is 0 Å². The molecule has 2 aromatic heterocycles. The number of rotatable bonds is 5. The molecule has 23 heavy (non-hydrogen) atoms. The number of carbonyl (C=O) groups excluding carboxylic acids is 1. The van der Waals surface area contributed by atoms with Crippen molar-refractivity contribution < 1.29 is 18.7 Å². The lowest BCUT2D eigenvalue weighted by atomic mass is 10.1. The zero-order chi connectivity index (χ0) is 16.4. The number of aliphatic hydroxyl groups excluding tert-OH is 1. The van der Waals surface area contributed by atoms with Crippen LogP contribution in [0.25, 0.3) is 11.7 Å². The number of aromatic nitrogens is 1.